The lowest BCUT2D eigenvalue weighted by atomic mass is 10.00. The summed E-state index contributed by atoms with van der Waals surface area (Å²) in [5, 5.41) is 0. The van der Waals surface area contributed by atoms with E-state index in [2.05, 4.69) is 77.8 Å². The fourth-order valence-corrected chi connectivity index (χ4v) is 4.94. The maximum atomic E-state index is 8.49. The van der Waals surface area contributed by atoms with Crippen molar-refractivity contribution in [3.63, 3.8) is 0 Å². The van der Waals surface area contributed by atoms with Gasteiger partial charge in [-0.15, -0.1) is 10.2 Å². The van der Waals surface area contributed by atoms with Crippen LogP contribution in [0.15, 0.2) is 43.7 Å². The molecule has 3 aromatic rings. The van der Waals surface area contributed by atoms with Crippen LogP contribution in [0.25, 0.3) is 22.6 Å². The van der Waals surface area contributed by atoms with Crippen LogP contribution in [-0.2, 0) is 0 Å². The van der Waals surface area contributed by atoms with E-state index in [0.29, 0.717) is 0 Å². The number of ether oxygens (including phenoxy) is 2. The second-order valence-corrected chi connectivity index (χ2v) is 9.77. The molecule has 7 nitrogen and oxygen atoms in total. The summed E-state index contributed by atoms with van der Waals surface area (Å²) in [6.45, 7) is 8.21. The maximum absolute atomic E-state index is 8.49. The van der Waals surface area contributed by atoms with Crippen molar-refractivity contribution in [2.24, 2.45) is 0 Å². The van der Waals surface area contributed by atoms with E-state index in [9.17, 15) is 0 Å². The molecule has 0 saturated carbocycles. The lowest BCUT2D eigenvalue weighted by molar-refractivity contribution is -2.00. The van der Waals surface area contributed by atoms with Crippen molar-refractivity contribution in [3.8, 4) is 34.1 Å². The molecule has 0 aliphatic carbocycles. The first kappa shape index (κ1) is 27.5. The van der Waals surface area contributed by atoms with Crippen LogP contribution in [-0.4, -0.2) is 14.2 Å². The Morgan fingerprint density at radius 3 is 1.30 bits per heavy atom. The normalized spacial score (nSPS) is 11.0. The van der Waals surface area contributed by atoms with E-state index < -0.39 is 10.2 Å². The molecule has 33 heavy (non-hydrogen) atoms. The van der Waals surface area contributed by atoms with E-state index in [-0.39, 0.29) is 0 Å². The molecule has 1 heterocycles. The zero-order valence-electron chi connectivity index (χ0n) is 18.9. The zero-order chi connectivity index (χ0) is 25.1. The second kappa shape index (κ2) is 11.1. The fraction of sp³-hybridized carbons (Fsp3) is 0.261. The summed E-state index contributed by atoms with van der Waals surface area (Å²) in [5.41, 5.74) is 6.16. The molecule has 3 rings (SSSR count). The highest BCUT2D eigenvalue weighted by molar-refractivity contribution is 9.11. The number of hydrogen-bond donors (Lipinski definition) is 0. The maximum Gasteiger partial charge on any atom is 0.367 e. The predicted octanol–water partition coefficient (Wildman–Crippen LogP) is 2.91. The van der Waals surface area contributed by atoms with Crippen LogP contribution in [0.3, 0.4) is 0 Å². The Morgan fingerprint density at radius 2 is 1.00 bits per heavy atom. The first-order valence-corrected chi connectivity index (χ1v) is 12.3. The van der Waals surface area contributed by atoms with Crippen molar-refractivity contribution >= 4 is 31.9 Å². The molecule has 0 spiro atoms. The highest BCUT2D eigenvalue weighted by Gasteiger charge is 2.29. The Morgan fingerprint density at radius 1 is 0.667 bits per heavy atom. The number of methoxy groups -OCH3 is 2. The van der Waals surface area contributed by atoms with Crippen LogP contribution in [0.4, 0.5) is 0 Å². The van der Waals surface area contributed by atoms with Crippen molar-refractivity contribution in [3.05, 3.63) is 61.5 Å². The minimum atomic E-state index is -4.94. The van der Waals surface area contributed by atoms with E-state index in [0.717, 1.165) is 65.3 Å². The summed E-state index contributed by atoms with van der Waals surface area (Å²) in [6.07, 6.45) is 0. The highest BCUT2D eigenvalue weighted by atomic mass is 79.9. The quantitative estimate of drug-likeness (QED) is 0.419. The van der Waals surface area contributed by atoms with Gasteiger partial charge in [-0.1, -0.05) is 0 Å². The first-order valence-electron chi connectivity index (χ1n) is 9.51. The molecule has 0 saturated heterocycles. The zero-order valence-corrected chi connectivity index (χ0v) is 22.8. The van der Waals surface area contributed by atoms with Crippen molar-refractivity contribution in [1.29, 1.82) is 0 Å². The number of rotatable bonds is 4. The Bertz CT molecular complexity index is 1070. The smallest absolute Gasteiger partial charge is 0.367 e. The predicted molar refractivity (Wildman–Crippen MR) is 121 cm³/mol. The molecular formula is C23H23Br2ClO7. The van der Waals surface area contributed by atoms with Gasteiger partial charge in [-0.2, -0.15) is 0 Å². The van der Waals surface area contributed by atoms with Gasteiger partial charge in [-0.25, -0.2) is 23.1 Å². The van der Waals surface area contributed by atoms with Gasteiger partial charge in [0, 0.05) is 0 Å². The average molecular weight is 607 g/mol. The number of hydrogen-bond acceptors (Lipinski definition) is 6. The van der Waals surface area contributed by atoms with Crippen LogP contribution in [0.2, 0.25) is 0 Å². The summed E-state index contributed by atoms with van der Waals surface area (Å²) in [7, 11) is -1.60. The number of aryl methyl sites for hydroxylation is 4. The minimum absolute atomic E-state index is 0.754. The molecule has 0 unspecified atom stereocenters. The molecule has 0 N–H and O–H groups in total. The van der Waals surface area contributed by atoms with Crippen molar-refractivity contribution in [2.45, 2.75) is 27.7 Å². The van der Waals surface area contributed by atoms with Gasteiger partial charge in [0.2, 0.25) is 0 Å². The molecule has 178 valence electrons. The highest BCUT2D eigenvalue weighted by Crippen LogP contribution is 2.44. The number of halogens is 3. The number of benzene rings is 2. The van der Waals surface area contributed by atoms with Gasteiger partial charge in [0.15, 0.2) is 0 Å². The summed E-state index contributed by atoms with van der Waals surface area (Å²) in [5.74, 6) is 3.07. The molecule has 1 aromatic heterocycles. The Kier molecular flexibility index (Phi) is 9.29. The van der Waals surface area contributed by atoms with Crippen LogP contribution in [0.5, 0.6) is 11.5 Å². The minimum Gasteiger partial charge on any atom is -0.495 e. The van der Waals surface area contributed by atoms with E-state index in [1.807, 2.05) is 12.1 Å². The van der Waals surface area contributed by atoms with Gasteiger partial charge in [-0.05, 0) is 101 Å². The van der Waals surface area contributed by atoms with Gasteiger partial charge in [0.05, 0.1) is 34.3 Å². The standard InChI is InChI=1S/C23H23Br2O3.ClHO4/c1-12-7-16(22(26-5)18(24)9-12)20-14(3)11-15(4)21(28-20)17-8-13(2)10-19(25)23(17)27-6;2-1(3,4)5/h7-11H,1-6H3;(H,2,3,4,5)/q+1;/p-1. The molecule has 0 fully saturated rings. The Labute approximate surface area is 211 Å². The van der Waals surface area contributed by atoms with Gasteiger partial charge in [0.25, 0.3) is 0 Å². The Balaban J connectivity index is 0.000000696. The first-order chi connectivity index (χ1) is 15.3. The second-order valence-electron chi connectivity index (χ2n) is 7.30. The summed E-state index contributed by atoms with van der Waals surface area (Å²) in [4.78, 5) is 0. The third kappa shape index (κ3) is 7.13. The van der Waals surface area contributed by atoms with Gasteiger partial charge in [0.1, 0.15) is 22.6 Å². The average Bonchev–Trinajstić information content (AvgIpc) is 2.65. The summed E-state index contributed by atoms with van der Waals surface area (Å²) < 4.78 is 53.6. The molecule has 0 atom stereocenters. The third-order valence-corrected chi connectivity index (χ3v) is 5.80. The van der Waals surface area contributed by atoms with Gasteiger partial charge < -0.3 is 9.47 Å². The van der Waals surface area contributed by atoms with E-state index in [1.54, 1.807) is 14.2 Å². The van der Waals surface area contributed by atoms with Crippen LogP contribution in [0.1, 0.15) is 22.3 Å². The topological polar surface area (TPSA) is 122 Å². The van der Waals surface area contributed by atoms with Crippen molar-refractivity contribution in [1.82, 2.24) is 0 Å². The monoisotopic (exact) mass is 604 g/mol. The lowest BCUT2D eigenvalue weighted by Gasteiger charge is -2.17. The SMILES string of the molecule is COc1c(Br)cc(C)cc1-c1[o+]c(-c2cc(C)cc(Br)c2OC)c(C)cc1C.[O-][Cl+3]([O-])([O-])[O-]. The van der Waals surface area contributed by atoms with Crippen LogP contribution >= 0.6 is 31.9 Å². The molecule has 0 amide bonds. The molecule has 0 bridgehead atoms. The molecule has 0 aliphatic heterocycles. The molecule has 0 radical (unpaired) electrons. The third-order valence-electron chi connectivity index (χ3n) is 4.63. The largest absolute Gasteiger partial charge is 0.495 e. The van der Waals surface area contributed by atoms with Crippen LogP contribution < -0.4 is 28.1 Å². The lowest BCUT2D eigenvalue weighted by Crippen LogP contribution is -2.68. The van der Waals surface area contributed by atoms with E-state index >= 15 is 0 Å². The molecular weight excluding hydrogens is 584 g/mol. The fourth-order valence-electron chi connectivity index (χ4n) is 3.46. The van der Waals surface area contributed by atoms with Gasteiger partial charge in [-0.3, -0.25) is 0 Å². The van der Waals surface area contributed by atoms with Crippen molar-refractivity contribution in [2.75, 3.05) is 14.2 Å². The van der Waals surface area contributed by atoms with E-state index in [4.69, 9.17) is 32.5 Å². The molecule has 0 aliphatic rings. The Hall–Kier alpha value is -1.72. The van der Waals surface area contributed by atoms with Crippen LogP contribution in [0, 0.1) is 37.9 Å². The molecule has 2 aromatic carbocycles. The summed E-state index contributed by atoms with van der Waals surface area (Å²) in [6, 6.07) is 10.4. The van der Waals surface area contributed by atoms with E-state index in [1.165, 1.54) is 0 Å². The van der Waals surface area contributed by atoms with Gasteiger partial charge >= 0.3 is 11.5 Å². The molecule has 10 heteroatoms. The van der Waals surface area contributed by atoms with Crippen molar-refractivity contribution < 1.29 is 42.8 Å². The summed E-state index contributed by atoms with van der Waals surface area (Å²) >= 11 is 7.21.